The van der Waals surface area contributed by atoms with Crippen molar-refractivity contribution in [3.8, 4) is 0 Å². The minimum atomic E-state index is -0.592. The van der Waals surface area contributed by atoms with Crippen molar-refractivity contribution in [1.29, 1.82) is 0 Å². The Kier molecular flexibility index (Phi) is 8.35. The number of nitrogens with one attached hydrogen (secondary N) is 1. The molecule has 1 aromatic carbocycles. The summed E-state index contributed by atoms with van der Waals surface area (Å²) in [7, 11) is 0. The van der Waals surface area contributed by atoms with Gasteiger partial charge in [0, 0.05) is 6.08 Å². The predicted octanol–water partition coefficient (Wildman–Crippen LogP) is 5.19. The normalized spacial score (nSPS) is 11.0. The third-order valence-electron chi connectivity index (χ3n) is 4.35. The van der Waals surface area contributed by atoms with Crippen molar-refractivity contribution in [3.63, 3.8) is 0 Å². The van der Waals surface area contributed by atoms with Gasteiger partial charge in [0.05, 0.1) is 18.8 Å². The summed E-state index contributed by atoms with van der Waals surface area (Å²) in [6.07, 6.45) is 3.08. The lowest BCUT2D eigenvalue weighted by Crippen LogP contribution is -2.13. The lowest BCUT2D eigenvalue weighted by molar-refractivity contribution is -0.111. The largest absolute Gasteiger partial charge is 0.462 e. The lowest BCUT2D eigenvalue weighted by atomic mass is 10.0. The molecule has 2 rings (SSSR count). The predicted molar refractivity (Wildman–Crippen MR) is 119 cm³/mol. The van der Waals surface area contributed by atoms with Crippen molar-refractivity contribution in [2.75, 3.05) is 18.5 Å². The number of carbonyl (C=O) groups excluding carboxylic acids is 3. The first kappa shape index (κ1) is 23.3. The van der Waals surface area contributed by atoms with Gasteiger partial charge in [0.1, 0.15) is 9.88 Å². The van der Waals surface area contributed by atoms with Gasteiger partial charge in [0.2, 0.25) is 5.91 Å². The zero-order valence-corrected chi connectivity index (χ0v) is 18.7. The van der Waals surface area contributed by atoms with Crippen LogP contribution in [0.4, 0.5) is 5.00 Å². The minimum absolute atomic E-state index is 0.174. The Bertz CT molecular complexity index is 941. The first-order valence-corrected chi connectivity index (χ1v) is 10.7. The fraction of sp³-hybridized carbons (Fsp3) is 0.348. The van der Waals surface area contributed by atoms with Crippen LogP contribution in [0, 0.1) is 6.92 Å². The van der Waals surface area contributed by atoms with Gasteiger partial charge in [-0.2, -0.15) is 0 Å². The molecule has 7 heteroatoms. The van der Waals surface area contributed by atoms with E-state index in [4.69, 9.17) is 9.47 Å². The van der Waals surface area contributed by atoms with Crippen LogP contribution >= 0.6 is 11.3 Å². The van der Waals surface area contributed by atoms with Crippen LogP contribution in [0.25, 0.3) is 6.08 Å². The van der Waals surface area contributed by atoms with Crippen LogP contribution in [-0.2, 0) is 14.3 Å². The van der Waals surface area contributed by atoms with Gasteiger partial charge in [-0.25, -0.2) is 9.59 Å². The molecule has 0 radical (unpaired) electrons. The molecule has 0 aliphatic heterocycles. The molecular formula is C23H27NO5S. The SMILES string of the molecule is CCOC(=O)c1sc(NC(=O)C=Cc2ccc(C(C)C)cc2)c(C(=O)OCC)c1C. The van der Waals surface area contributed by atoms with Crippen molar-refractivity contribution in [2.24, 2.45) is 0 Å². The number of ether oxygens (including phenoxy) is 2. The second kappa shape index (κ2) is 10.7. The summed E-state index contributed by atoms with van der Waals surface area (Å²) in [6, 6.07) is 7.93. The number of carbonyl (C=O) groups is 3. The fourth-order valence-electron chi connectivity index (χ4n) is 2.76. The third-order valence-corrected chi connectivity index (χ3v) is 5.54. The summed E-state index contributed by atoms with van der Waals surface area (Å²) in [5, 5.41) is 2.95. The van der Waals surface area contributed by atoms with Gasteiger partial charge < -0.3 is 14.8 Å². The van der Waals surface area contributed by atoms with E-state index in [0.717, 1.165) is 16.9 Å². The molecule has 0 atom stereocenters. The monoisotopic (exact) mass is 429 g/mol. The standard InChI is InChI=1S/C23H27NO5S/c1-6-28-22(26)19-15(5)20(23(27)29-7-2)30-21(19)24-18(25)13-10-16-8-11-17(12-9-16)14(3)4/h8-14H,6-7H2,1-5H3,(H,24,25). The van der Waals surface area contributed by atoms with Gasteiger partial charge in [-0.15, -0.1) is 11.3 Å². The van der Waals surface area contributed by atoms with E-state index in [1.165, 1.54) is 11.6 Å². The Morgan fingerprint density at radius 1 is 1.03 bits per heavy atom. The summed E-state index contributed by atoms with van der Waals surface area (Å²) in [4.78, 5) is 37.3. The smallest absolute Gasteiger partial charge is 0.348 e. The molecule has 1 N–H and O–H groups in total. The van der Waals surface area contributed by atoms with Crippen molar-refractivity contribution in [3.05, 3.63) is 57.5 Å². The second-order valence-electron chi connectivity index (χ2n) is 6.85. The maximum atomic E-state index is 12.5. The summed E-state index contributed by atoms with van der Waals surface area (Å²) in [5.74, 6) is -1.11. The Labute approximate surface area is 180 Å². The highest BCUT2D eigenvalue weighted by molar-refractivity contribution is 7.18. The molecule has 0 spiro atoms. The van der Waals surface area contributed by atoms with E-state index < -0.39 is 17.8 Å². The van der Waals surface area contributed by atoms with E-state index in [2.05, 4.69) is 19.2 Å². The molecular weight excluding hydrogens is 402 g/mol. The summed E-state index contributed by atoms with van der Waals surface area (Å²) in [6.45, 7) is 9.66. The number of anilines is 1. The van der Waals surface area contributed by atoms with Crippen LogP contribution in [0.3, 0.4) is 0 Å². The first-order chi connectivity index (χ1) is 14.3. The van der Waals surface area contributed by atoms with Crippen molar-refractivity contribution in [2.45, 2.75) is 40.5 Å². The Hall–Kier alpha value is -2.93. The third kappa shape index (κ3) is 5.79. The van der Waals surface area contributed by atoms with Gasteiger partial charge in [-0.1, -0.05) is 38.1 Å². The highest BCUT2D eigenvalue weighted by Gasteiger charge is 2.27. The van der Waals surface area contributed by atoms with Crippen molar-refractivity contribution in [1.82, 2.24) is 0 Å². The number of thiophene rings is 1. The average molecular weight is 430 g/mol. The summed E-state index contributed by atoms with van der Waals surface area (Å²) in [5.41, 5.74) is 2.71. The maximum absolute atomic E-state index is 12.5. The molecule has 0 fully saturated rings. The van der Waals surface area contributed by atoms with E-state index in [9.17, 15) is 14.4 Å². The molecule has 0 bridgehead atoms. The van der Waals surface area contributed by atoms with Crippen LogP contribution in [0.5, 0.6) is 0 Å². The van der Waals surface area contributed by atoms with E-state index in [-0.39, 0.29) is 28.7 Å². The molecule has 1 heterocycles. The van der Waals surface area contributed by atoms with Gasteiger partial charge in [-0.3, -0.25) is 4.79 Å². The fourth-order valence-corrected chi connectivity index (χ4v) is 3.85. The number of hydrogen-bond acceptors (Lipinski definition) is 6. The highest BCUT2D eigenvalue weighted by Crippen LogP contribution is 2.34. The number of hydrogen-bond donors (Lipinski definition) is 1. The zero-order valence-electron chi connectivity index (χ0n) is 17.9. The minimum Gasteiger partial charge on any atom is -0.462 e. The molecule has 6 nitrogen and oxygen atoms in total. The van der Waals surface area contributed by atoms with Gasteiger partial charge in [0.15, 0.2) is 0 Å². The van der Waals surface area contributed by atoms with Crippen LogP contribution in [-0.4, -0.2) is 31.1 Å². The molecule has 1 aromatic heterocycles. The van der Waals surface area contributed by atoms with Gasteiger partial charge >= 0.3 is 11.9 Å². The van der Waals surface area contributed by atoms with E-state index in [0.29, 0.717) is 11.5 Å². The quantitative estimate of drug-likeness (QED) is 0.462. The molecule has 2 aromatic rings. The van der Waals surface area contributed by atoms with E-state index in [1.807, 2.05) is 24.3 Å². The second-order valence-corrected chi connectivity index (χ2v) is 7.87. The van der Waals surface area contributed by atoms with E-state index in [1.54, 1.807) is 26.8 Å². The number of amides is 1. The van der Waals surface area contributed by atoms with Crippen LogP contribution < -0.4 is 5.32 Å². The topological polar surface area (TPSA) is 81.7 Å². The molecule has 0 unspecified atom stereocenters. The summed E-state index contributed by atoms with van der Waals surface area (Å²) >= 11 is 1.00. The Morgan fingerprint density at radius 3 is 2.20 bits per heavy atom. The maximum Gasteiger partial charge on any atom is 0.348 e. The van der Waals surface area contributed by atoms with Crippen molar-refractivity contribution < 1.29 is 23.9 Å². The molecule has 0 saturated carbocycles. The molecule has 30 heavy (non-hydrogen) atoms. The molecule has 0 saturated heterocycles. The van der Waals surface area contributed by atoms with Crippen LogP contribution in [0.1, 0.15) is 70.3 Å². The van der Waals surface area contributed by atoms with Crippen LogP contribution in [0.15, 0.2) is 30.3 Å². The molecule has 160 valence electrons. The van der Waals surface area contributed by atoms with Crippen molar-refractivity contribution >= 4 is 40.3 Å². The molecule has 0 aliphatic carbocycles. The lowest BCUT2D eigenvalue weighted by Gasteiger charge is -2.06. The molecule has 0 aliphatic rings. The zero-order chi connectivity index (χ0) is 22.3. The average Bonchev–Trinajstić information content (AvgIpc) is 3.03. The van der Waals surface area contributed by atoms with E-state index >= 15 is 0 Å². The Morgan fingerprint density at radius 2 is 1.63 bits per heavy atom. The first-order valence-electron chi connectivity index (χ1n) is 9.85. The number of benzene rings is 1. The Balaban J connectivity index is 2.24. The van der Waals surface area contributed by atoms with Gasteiger partial charge in [0.25, 0.3) is 0 Å². The number of esters is 2. The highest BCUT2D eigenvalue weighted by atomic mass is 32.1. The van der Waals surface area contributed by atoms with Gasteiger partial charge in [-0.05, 0) is 49.5 Å². The number of rotatable bonds is 8. The van der Waals surface area contributed by atoms with Crippen LogP contribution in [0.2, 0.25) is 0 Å². The summed E-state index contributed by atoms with van der Waals surface area (Å²) < 4.78 is 10.1. The molecule has 1 amide bonds.